The van der Waals surface area contributed by atoms with Gasteiger partial charge in [0.2, 0.25) is 0 Å². The molecule has 1 aromatic rings. The summed E-state index contributed by atoms with van der Waals surface area (Å²) in [4.78, 5) is 6.57. The average molecular weight is 317 g/mol. The Kier molecular flexibility index (Phi) is 4.36. The molecule has 20 heavy (non-hydrogen) atoms. The number of halogens is 2. The lowest BCUT2D eigenvalue weighted by molar-refractivity contribution is -0.0438. The van der Waals surface area contributed by atoms with Crippen LogP contribution in [0.15, 0.2) is 12.3 Å². The number of hydrogen-bond acceptors (Lipinski definition) is 4. The van der Waals surface area contributed by atoms with E-state index >= 15 is 0 Å². The predicted molar refractivity (Wildman–Crippen MR) is 79.6 cm³/mol. The number of rotatable bonds is 2. The molecular formula is C14H18Cl2N2O2. The van der Waals surface area contributed by atoms with Gasteiger partial charge in [0.1, 0.15) is 5.82 Å². The first kappa shape index (κ1) is 14.4. The molecule has 2 saturated heterocycles. The van der Waals surface area contributed by atoms with Gasteiger partial charge in [-0.3, -0.25) is 0 Å². The minimum absolute atomic E-state index is 0.125. The fraction of sp³-hybridized carbons (Fsp3) is 0.643. The number of pyridine rings is 1. The van der Waals surface area contributed by atoms with Crippen molar-refractivity contribution in [3.63, 3.8) is 0 Å². The van der Waals surface area contributed by atoms with Gasteiger partial charge in [-0.25, -0.2) is 4.98 Å². The molecule has 3 atom stereocenters. The van der Waals surface area contributed by atoms with E-state index in [2.05, 4.69) is 9.88 Å². The van der Waals surface area contributed by atoms with Crippen molar-refractivity contribution in [3.8, 4) is 0 Å². The van der Waals surface area contributed by atoms with E-state index in [0.29, 0.717) is 29.7 Å². The molecule has 3 rings (SSSR count). The van der Waals surface area contributed by atoms with Crippen LogP contribution in [-0.2, 0) is 4.74 Å². The van der Waals surface area contributed by atoms with Crippen molar-refractivity contribution < 1.29 is 9.84 Å². The van der Waals surface area contributed by atoms with Gasteiger partial charge in [0, 0.05) is 31.3 Å². The average Bonchev–Trinajstić information content (AvgIpc) is 2.88. The van der Waals surface area contributed by atoms with E-state index in [1.807, 2.05) is 0 Å². The zero-order valence-corrected chi connectivity index (χ0v) is 12.6. The van der Waals surface area contributed by atoms with Crippen molar-refractivity contribution in [1.29, 1.82) is 0 Å². The fourth-order valence-electron chi connectivity index (χ4n) is 3.24. The van der Waals surface area contributed by atoms with Gasteiger partial charge in [-0.1, -0.05) is 23.2 Å². The molecule has 0 bridgehead atoms. The van der Waals surface area contributed by atoms with E-state index in [0.717, 1.165) is 25.2 Å². The Balaban J connectivity index is 1.84. The molecule has 2 aliphatic rings. The van der Waals surface area contributed by atoms with Crippen molar-refractivity contribution in [2.45, 2.75) is 31.4 Å². The van der Waals surface area contributed by atoms with Gasteiger partial charge in [-0.2, -0.15) is 0 Å². The molecule has 0 amide bonds. The molecule has 0 spiro atoms. The van der Waals surface area contributed by atoms with Gasteiger partial charge in [0.05, 0.1) is 22.8 Å². The first-order chi connectivity index (χ1) is 9.66. The summed E-state index contributed by atoms with van der Waals surface area (Å²) < 4.78 is 5.54. The monoisotopic (exact) mass is 316 g/mol. The zero-order chi connectivity index (χ0) is 14.1. The third kappa shape index (κ3) is 2.75. The van der Waals surface area contributed by atoms with E-state index < -0.39 is 0 Å². The predicted octanol–water partition coefficient (Wildman–Crippen LogP) is 2.75. The lowest BCUT2D eigenvalue weighted by Gasteiger charge is -2.37. The molecule has 6 heteroatoms. The third-order valence-corrected chi connectivity index (χ3v) is 4.70. The third-order valence-electron chi connectivity index (χ3n) is 4.22. The summed E-state index contributed by atoms with van der Waals surface area (Å²) in [6.45, 7) is 2.15. The van der Waals surface area contributed by atoms with Crippen LogP contribution in [0, 0.1) is 5.92 Å². The summed E-state index contributed by atoms with van der Waals surface area (Å²) in [6.07, 6.45) is 4.13. The number of hydrogen-bond donors (Lipinski definition) is 1. The molecule has 2 aliphatic heterocycles. The van der Waals surface area contributed by atoms with E-state index in [-0.39, 0.29) is 18.1 Å². The summed E-state index contributed by atoms with van der Waals surface area (Å²) in [5.41, 5.74) is 0. The van der Waals surface area contributed by atoms with Crippen molar-refractivity contribution in [3.05, 3.63) is 22.3 Å². The van der Waals surface area contributed by atoms with Crippen molar-refractivity contribution in [1.82, 2.24) is 4.98 Å². The molecular weight excluding hydrogens is 299 g/mol. The lowest BCUT2D eigenvalue weighted by atomic mass is 9.89. The number of aliphatic hydroxyl groups is 1. The second-order valence-electron chi connectivity index (χ2n) is 5.46. The number of nitrogens with zero attached hydrogens (tertiary/aromatic N) is 2. The maximum Gasteiger partial charge on any atom is 0.147 e. The van der Waals surface area contributed by atoms with Crippen LogP contribution in [-0.4, -0.2) is 42.0 Å². The Morgan fingerprint density at radius 2 is 2.20 bits per heavy atom. The van der Waals surface area contributed by atoms with Crippen LogP contribution in [0.4, 0.5) is 5.82 Å². The Hall–Kier alpha value is -0.550. The first-order valence-corrected chi connectivity index (χ1v) is 7.76. The Bertz CT molecular complexity index is 486. The van der Waals surface area contributed by atoms with Gasteiger partial charge < -0.3 is 14.7 Å². The van der Waals surface area contributed by atoms with E-state index in [4.69, 9.17) is 27.9 Å². The van der Waals surface area contributed by atoms with Crippen molar-refractivity contribution in [2.75, 3.05) is 24.7 Å². The number of aliphatic hydroxyl groups excluding tert-OH is 1. The number of ether oxygens (including phenoxy) is 1. The van der Waals surface area contributed by atoms with Crippen molar-refractivity contribution in [2.24, 2.45) is 5.92 Å². The highest BCUT2D eigenvalue weighted by Crippen LogP contribution is 2.36. The Morgan fingerprint density at radius 1 is 1.35 bits per heavy atom. The SMILES string of the molecule is O[C@@H]1CCOC[C@@H]1[C@H]1CCCN1c1ncc(Cl)cc1Cl. The standard InChI is InChI=1S/C14H18Cl2N2O2/c15-9-6-11(16)14(17-7-9)18-4-1-2-12(18)10-8-20-5-3-13(10)19/h6-7,10,12-13,19H,1-5,8H2/t10-,12-,13-/m1/s1. The molecule has 0 aromatic carbocycles. The number of aromatic nitrogens is 1. The van der Waals surface area contributed by atoms with E-state index in [1.165, 1.54) is 0 Å². The molecule has 1 aromatic heterocycles. The topological polar surface area (TPSA) is 45.6 Å². The lowest BCUT2D eigenvalue weighted by Crippen LogP contribution is -2.46. The highest BCUT2D eigenvalue weighted by atomic mass is 35.5. The molecule has 0 saturated carbocycles. The van der Waals surface area contributed by atoms with Crippen LogP contribution in [0.1, 0.15) is 19.3 Å². The van der Waals surface area contributed by atoms with Crippen LogP contribution >= 0.6 is 23.2 Å². The largest absolute Gasteiger partial charge is 0.393 e. The van der Waals surface area contributed by atoms with Crippen LogP contribution in [0.3, 0.4) is 0 Å². The van der Waals surface area contributed by atoms with Crippen LogP contribution in [0.2, 0.25) is 10.0 Å². The molecule has 3 heterocycles. The quantitative estimate of drug-likeness (QED) is 0.911. The maximum atomic E-state index is 10.2. The Morgan fingerprint density at radius 3 is 2.95 bits per heavy atom. The zero-order valence-electron chi connectivity index (χ0n) is 11.1. The minimum atomic E-state index is -0.305. The molecule has 4 nitrogen and oxygen atoms in total. The summed E-state index contributed by atoms with van der Waals surface area (Å²) >= 11 is 12.2. The minimum Gasteiger partial charge on any atom is -0.393 e. The molecule has 0 radical (unpaired) electrons. The van der Waals surface area contributed by atoms with Crippen LogP contribution in [0.25, 0.3) is 0 Å². The molecule has 0 aliphatic carbocycles. The van der Waals surface area contributed by atoms with Gasteiger partial charge >= 0.3 is 0 Å². The van der Waals surface area contributed by atoms with Gasteiger partial charge in [0.15, 0.2) is 0 Å². The van der Waals surface area contributed by atoms with Gasteiger partial charge in [0.25, 0.3) is 0 Å². The van der Waals surface area contributed by atoms with E-state index in [9.17, 15) is 5.11 Å². The summed E-state index contributed by atoms with van der Waals surface area (Å²) in [7, 11) is 0. The molecule has 1 N–H and O–H groups in total. The normalized spacial score (nSPS) is 30.8. The smallest absolute Gasteiger partial charge is 0.147 e. The van der Waals surface area contributed by atoms with Crippen molar-refractivity contribution >= 4 is 29.0 Å². The highest BCUT2D eigenvalue weighted by molar-refractivity contribution is 6.36. The Labute approximate surface area is 128 Å². The van der Waals surface area contributed by atoms with E-state index in [1.54, 1.807) is 12.3 Å². The summed E-state index contributed by atoms with van der Waals surface area (Å²) in [6, 6.07) is 1.95. The van der Waals surface area contributed by atoms with Crippen LogP contribution < -0.4 is 4.90 Å². The fourth-order valence-corrected chi connectivity index (χ4v) is 3.72. The second-order valence-corrected chi connectivity index (χ2v) is 6.30. The van der Waals surface area contributed by atoms with Gasteiger partial charge in [-0.15, -0.1) is 0 Å². The molecule has 0 unspecified atom stereocenters. The summed E-state index contributed by atoms with van der Waals surface area (Å²) in [5.74, 6) is 0.885. The molecule has 110 valence electrons. The number of anilines is 1. The highest BCUT2D eigenvalue weighted by Gasteiger charge is 2.38. The molecule has 2 fully saturated rings. The first-order valence-electron chi connectivity index (χ1n) is 7.00. The van der Waals surface area contributed by atoms with Gasteiger partial charge in [-0.05, 0) is 25.3 Å². The van der Waals surface area contributed by atoms with Crippen LogP contribution in [0.5, 0.6) is 0 Å². The summed E-state index contributed by atoms with van der Waals surface area (Å²) in [5, 5.41) is 11.3. The maximum absolute atomic E-state index is 10.2. The second kappa shape index (κ2) is 6.06.